The number of nitrogens with zero attached hydrogens (tertiary/aromatic N) is 6. The summed E-state index contributed by atoms with van der Waals surface area (Å²) < 4.78 is 0. The molecule has 0 saturated carbocycles. The predicted molar refractivity (Wildman–Crippen MR) is 476 cm³/mol. The fourth-order valence-corrected chi connectivity index (χ4v) is 18.5. The van der Waals surface area contributed by atoms with Crippen LogP contribution in [-0.2, 0) is 23.7 Å². The fraction of sp³-hybridized carbons (Fsp3) is 0.0727. The third-order valence-corrected chi connectivity index (χ3v) is 24.4. The van der Waals surface area contributed by atoms with Crippen LogP contribution in [0.3, 0.4) is 0 Å². The number of hydrogen-bond donors (Lipinski definition) is 0. The van der Waals surface area contributed by atoms with Crippen molar-refractivity contribution in [3.8, 4) is 180 Å². The van der Waals surface area contributed by atoms with Crippen LogP contribution in [0, 0.1) is 0 Å². The van der Waals surface area contributed by atoms with Gasteiger partial charge in [0, 0.05) is 44.2 Å². The lowest BCUT2D eigenvalue weighted by molar-refractivity contribution is 0.660. The normalized spacial score (nSPS) is 13.1. The Hall–Kier alpha value is -14.5. The van der Waals surface area contributed by atoms with Crippen LogP contribution in [0.1, 0.15) is 72.2 Å². The molecule has 4 aliphatic carbocycles. The maximum absolute atomic E-state index is 5.08. The first-order chi connectivity index (χ1) is 57.0. The van der Waals surface area contributed by atoms with Gasteiger partial charge in [-0.15, -0.1) is 0 Å². The van der Waals surface area contributed by atoms with Gasteiger partial charge in [-0.05, 0) is 217 Å². The molecule has 2 aromatic heterocycles. The van der Waals surface area contributed by atoms with Crippen molar-refractivity contribution in [3.63, 3.8) is 0 Å². The molecule has 6 heteroatoms. The quantitative estimate of drug-likeness (QED) is 0.121. The topological polar surface area (TPSA) is 77.3 Å². The van der Waals surface area contributed by atoms with E-state index in [1.54, 1.807) is 0 Å². The molecular weight excluding hydrogens is 1410 g/mol. The average Bonchev–Trinajstić information content (AvgIpc) is 1.58. The fourth-order valence-electron chi connectivity index (χ4n) is 18.5. The highest BCUT2D eigenvalue weighted by Gasteiger charge is 2.38. The van der Waals surface area contributed by atoms with Crippen LogP contribution in [0.25, 0.3) is 180 Å². The van der Waals surface area contributed by atoms with E-state index in [0.717, 1.165) is 57.3 Å². The van der Waals surface area contributed by atoms with Crippen molar-refractivity contribution < 1.29 is 0 Å². The van der Waals surface area contributed by atoms with Gasteiger partial charge in [0.25, 0.3) is 0 Å². The monoisotopic (exact) mass is 1480 g/mol. The summed E-state index contributed by atoms with van der Waals surface area (Å²) in [5.41, 5.74) is 42.0. The summed E-state index contributed by atoms with van der Waals surface area (Å²) in [7, 11) is 0. The average molecular weight is 1480 g/mol. The van der Waals surface area contributed by atoms with Crippen molar-refractivity contribution >= 4 is 0 Å². The second kappa shape index (κ2) is 28.3. The lowest BCUT2D eigenvalue weighted by atomic mass is 9.81. The van der Waals surface area contributed by atoms with Gasteiger partial charge in [-0.3, -0.25) is 0 Å². The van der Waals surface area contributed by atoms with Crippen LogP contribution in [0.15, 0.2) is 376 Å². The second-order valence-corrected chi connectivity index (χ2v) is 31.9. The van der Waals surface area contributed by atoms with Crippen LogP contribution in [0.2, 0.25) is 0 Å². The van der Waals surface area contributed by atoms with Crippen molar-refractivity contribution in [2.75, 3.05) is 0 Å². The van der Waals surface area contributed by atoms with Crippen LogP contribution >= 0.6 is 0 Å². The predicted octanol–water partition coefficient (Wildman–Crippen LogP) is 27.5. The van der Waals surface area contributed by atoms with Gasteiger partial charge < -0.3 is 0 Å². The third-order valence-electron chi connectivity index (χ3n) is 24.4. The summed E-state index contributed by atoms with van der Waals surface area (Å²) in [5, 5.41) is 0. The molecular formula is C110H78N6. The Morgan fingerprint density at radius 1 is 0.155 bits per heavy atom. The molecule has 0 spiro atoms. The van der Waals surface area contributed by atoms with Crippen molar-refractivity contribution in [1.29, 1.82) is 0 Å². The minimum absolute atomic E-state index is 0.0616. The smallest absolute Gasteiger partial charge is 0.164 e. The Morgan fingerprint density at radius 2 is 0.397 bits per heavy atom. The number of fused-ring (bicyclic) bond motifs is 12. The van der Waals surface area contributed by atoms with E-state index in [9.17, 15) is 0 Å². The van der Waals surface area contributed by atoms with Crippen LogP contribution in [-0.4, -0.2) is 29.9 Å². The molecule has 0 saturated heterocycles. The number of benzene rings is 16. The molecule has 0 bridgehead atoms. The zero-order valence-corrected chi connectivity index (χ0v) is 64.9. The Bertz CT molecular complexity index is 6800. The zero-order chi connectivity index (χ0) is 77.6. The van der Waals surface area contributed by atoms with Crippen molar-refractivity contribution in [2.45, 2.75) is 51.4 Å². The maximum atomic E-state index is 5.08. The number of hydrogen-bond acceptors (Lipinski definition) is 6. The molecule has 22 rings (SSSR count). The van der Waals surface area contributed by atoms with Gasteiger partial charge in [0.1, 0.15) is 0 Å². The van der Waals surface area contributed by atoms with E-state index < -0.39 is 0 Å². The Labute approximate surface area is 677 Å². The molecule has 0 amide bonds. The van der Waals surface area contributed by atoms with Crippen LogP contribution < -0.4 is 0 Å². The highest BCUT2D eigenvalue weighted by Crippen LogP contribution is 2.55. The van der Waals surface area contributed by atoms with Gasteiger partial charge in [0.2, 0.25) is 0 Å². The Morgan fingerprint density at radius 3 is 0.767 bits per heavy atom. The molecule has 0 radical (unpaired) electrons. The van der Waals surface area contributed by atoms with Gasteiger partial charge in [0.15, 0.2) is 34.9 Å². The summed E-state index contributed by atoms with van der Waals surface area (Å²) >= 11 is 0. The van der Waals surface area contributed by atoms with Crippen LogP contribution in [0.5, 0.6) is 0 Å². The molecule has 116 heavy (non-hydrogen) atoms. The van der Waals surface area contributed by atoms with Gasteiger partial charge >= 0.3 is 0 Å². The lowest BCUT2D eigenvalue weighted by Gasteiger charge is -2.22. The first kappa shape index (κ1) is 69.5. The molecule has 16 aromatic carbocycles. The highest BCUT2D eigenvalue weighted by atomic mass is 15.0. The zero-order valence-electron chi connectivity index (χ0n) is 64.9. The van der Waals surface area contributed by atoms with Gasteiger partial charge in [-0.2, -0.15) is 0 Å². The molecule has 18 aromatic rings. The molecule has 4 aliphatic rings. The number of aromatic nitrogens is 6. The SMILES string of the molecule is CC1(C)c2ccccc2-c2ccc(-c3cc(-c4ccccc4)cc4c3Cc3c(-c5cccc(-c6nc(-c7ccccc7)nc(-c7ccccc7)n6)c5)cccc3-4)cc21.CC1(C)c2ccccc2-c2ccc(-c3cccc4c3Cc3c(-c5cccc(-c6nc(-c7ccccc7)nc(-c7ccccc7)n6)c5)cc(-c5ccccc5)cc3-4)cc21. The van der Waals surface area contributed by atoms with E-state index in [0.29, 0.717) is 34.9 Å². The summed E-state index contributed by atoms with van der Waals surface area (Å²) in [6.45, 7) is 9.45. The molecule has 0 unspecified atom stereocenters. The molecule has 548 valence electrons. The van der Waals surface area contributed by atoms with E-state index in [1.807, 2.05) is 72.8 Å². The summed E-state index contributed by atoms with van der Waals surface area (Å²) in [6, 6.07) is 135. The first-order valence-corrected chi connectivity index (χ1v) is 40.1. The second-order valence-electron chi connectivity index (χ2n) is 31.9. The summed E-state index contributed by atoms with van der Waals surface area (Å²) in [5.74, 6) is 3.93. The Kier molecular flexibility index (Phi) is 17.0. The first-order valence-electron chi connectivity index (χ1n) is 40.1. The molecule has 0 aliphatic heterocycles. The lowest BCUT2D eigenvalue weighted by Crippen LogP contribution is -2.14. The summed E-state index contributed by atoms with van der Waals surface area (Å²) in [6.07, 6.45) is 1.69. The van der Waals surface area contributed by atoms with Crippen molar-refractivity contribution in [3.05, 3.63) is 421 Å². The van der Waals surface area contributed by atoms with E-state index >= 15 is 0 Å². The molecule has 6 nitrogen and oxygen atoms in total. The number of rotatable bonds is 12. The van der Waals surface area contributed by atoms with E-state index in [-0.39, 0.29) is 10.8 Å². The van der Waals surface area contributed by atoms with E-state index in [1.165, 1.54) is 145 Å². The molecule has 2 heterocycles. The van der Waals surface area contributed by atoms with E-state index in [2.05, 4.69) is 331 Å². The van der Waals surface area contributed by atoms with E-state index in [4.69, 9.17) is 29.9 Å². The minimum atomic E-state index is -0.0778. The minimum Gasteiger partial charge on any atom is -0.208 e. The van der Waals surface area contributed by atoms with Crippen molar-refractivity contribution in [1.82, 2.24) is 29.9 Å². The van der Waals surface area contributed by atoms with Crippen molar-refractivity contribution in [2.24, 2.45) is 0 Å². The summed E-state index contributed by atoms with van der Waals surface area (Å²) in [4.78, 5) is 30.1. The van der Waals surface area contributed by atoms with Gasteiger partial charge in [-0.1, -0.05) is 355 Å². The van der Waals surface area contributed by atoms with Gasteiger partial charge in [0.05, 0.1) is 0 Å². The van der Waals surface area contributed by atoms with Crippen LogP contribution in [0.4, 0.5) is 0 Å². The molecule has 0 atom stereocenters. The highest BCUT2D eigenvalue weighted by molar-refractivity contribution is 5.97. The maximum Gasteiger partial charge on any atom is 0.164 e. The largest absolute Gasteiger partial charge is 0.208 e. The molecule has 0 N–H and O–H groups in total. The standard InChI is InChI=1S/2C55H39N3/c1-55(2)50-27-13-12-24-44(50)45-29-28-39(33-51(45)55)42-25-15-26-43-47-32-41(35-16-6-3-7-17-35)31-46(49(47)34-48(42)43)38-22-14-23-40(30-38)54-57-52(36-18-8-4-9-19-36)56-53(58-54)37-20-10-5-11-21-37;1-55(2)50-27-13-12-24-44(50)45-29-28-39(33-51(45)55)46-31-41(35-16-6-3-7-17-35)32-47-43-26-15-25-42(48(43)34-49(46)47)38-22-14-23-40(30-38)54-57-52(36-18-8-4-9-19-36)56-53(58-54)37-20-10-5-11-21-37/h2*3-33H,34H2,1-2H3. The third kappa shape index (κ3) is 12.2. The van der Waals surface area contributed by atoms with Gasteiger partial charge in [-0.25, -0.2) is 29.9 Å². The molecule has 0 fully saturated rings. The Balaban J connectivity index is 0.000000145.